The van der Waals surface area contributed by atoms with Gasteiger partial charge in [0.1, 0.15) is 0 Å². The Morgan fingerprint density at radius 3 is 1.42 bits per heavy atom. The van der Waals surface area contributed by atoms with Gasteiger partial charge in [-0.2, -0.15) is 0 Å². The molecule has 0 aliphatic carbocycles. The van der Waals surface area contributed by atoms with Crippen molar-refractivity contribution in [2.45, 2.75) is 52.2 Å². The molecule has 0 rings (SSSR count). The Morgan fingerprint density at radius 2 is 1.42 bits per heavy atom. The molecule has 0 amide bonds. The zero-order valence-electron chi connectivity index (χ0n) is 8.32. The Balaban J connectivity index is 0. The summed E-state index contributed by atoms with van der Waals surface area (Å²) in [6, 6.07) is 0. The van der Waals surface area contributed by atoms with Crippen LogP contribution in [0.5, 0.6) is 0 Å². The van der Waals surface area contributed by atoms with E-state index in [2.05, 4.69) is 6.92 Å². The van der Waals surface area contributed by atoms with Crippen molar-refractivity contribution < 1.29 is 15.3 Å². The van der Waals surface area contributed by atoms with Crippen LogP contribution < -0.4 is 0 Å². The number of aliphatic hydroxyl groups is 3. The smallest absolute Gasteiger partial charge is 0.0533 e. The normalized spacial score (nSPS) is 14.5. The molecular formula is C9H22O3. The standard InChI is InChI=1S/C5H12O.C4H10O2/c1-3-4-5(2)6;1-4(6)2-3-5/h5-6H,3-4H2,1-2H3;4-6H,2-3H2,1H3. The second-order valence-electron chi connectivity index (χ2n) is 3.00. The second-order valence-corrected chi connectivity index (χ2v) is 3.00. The van der Waals surface area contributed by atoms with E-state index in [4.69, 9.17) is 15.3 Å². The summed E-state index contributed by atoms with van der Waals surface area (Å²) in [7, 11) is 0. The van der Waals surface area contributed by atoms with E-state index < -0.39 is 0 Å². The molecule has 0 heterocycles. The van der Waals surface area contributed by atoms with Crippen LogP contribution in [0.15, 0.2) is 0 Å². The molecule has 0 radical (unpaired) electrons. The average molecular weight is 178 g/mol. The number of rotatable bonds is 4. The lowest BCUT2D eigenvalue weighted by Crippen LogP contribution is -2.00. The maximum atomic E-state index is 8.55. The topological polar surface area (TPSA) is 60.7 Å². The van der Waals surface area contributed by atoms with Crippen LogP contribution in [-0.4, -0.2) is 34.1 Å². The lowest BCUT2D eigenvalue weighted by atomic mass is 10.2. The monoisotopic (exact) mass is 178 g/mol. The summed E-state index contributed by atoms with van der Waals surface area (Å²) in [6.45, 7) is 5.60. The Morgan fingerprint density at radius 1 is 1.00 bits per heavy atom. The highest BCUT2D eigenvalue weighted by Crippen LogP contribution is 1.91. The van der Waals surface area contributed by atoms with Crippen molar-refractivity contribution in [1.29, 1.82) is 0 Å². The summed E-state index contributed by atoms with van der Waals surface area (Å²) >= 11 is 0. The van der Waals surface area contributed by atoms with Crippen molar-refractivity contribution in [3.8, 4) is 0 Å². The highest BCUT2D eigenvalue weighted by atomic mass is 16.3. The molecule has 2 atom stereocenters. The van der Waals surface area contributed by atoms with E-state index in [0.29, 0.717) is 6.42 Å². The molecule has 3 N–H and O–H groups in total. The largest absolute Gasteiger partial charge is 0.396 e. The first-order valence-corrected chi connectivity index (χ1v) is 4.51. The third kappa shape index (κ3) is 22.5. The van der Waals surface area contributed by atoms with Crippen LogP contribution in [0.2, 0.25) is 0 Å². The van der Waals surface area contributed by atoms with Crippen LogP contribution in [0.25, 0.3) is 0 Å². The third-order valence-electron chi connectivity index (χ3n) is 1.25. The van der Waals surface area contributed by atoms with Crippen molar-refractivity contribution in [3.63, 3.8) is 0 Å². The van der Waals surface area contributed by atoms with Crippen molar-refractivity contribution in [2.75, 3.05) is 6.61 Å². The Hall–Kier alpha value is -0.120. The molecule has 76 valence electrons. The molecule has 2 unspecified atom stereocenters. The van der Waals surface area contributed by atoms with E-state index in [-0.39, 0.29) is 18.8 Å². The summed E-state index contributed by atoms with van der Waals surface area (Å²) < 4.78 is 0. The van der Waals surface area contributed by atoms with Crippen molar-refractivity contribution in [2.24, 2.45) is 0 Å². The van der Waals surface area contributed by atoms with E-state index in [1.165, 1.54) is 0 Å². The maximum Gasteiger partial charge on any atom is 0.0533 e. The predicted octanol–water partition coefficient (Wildman–Crippen LogP) is 0.917. The summed E-state index contributed by atoms with van der Waals surface area (Å²) in [5.74, 6) is 0. The summed E-state index contributed by atoms with van der Waals surface area (Å²) in [5, 5.41) is 25.0. The Kier molecular flexibility index (Phi) is 13.1. The van der Waals surface area contributed by atoms with Gasteiger partial charge in [0.15, 0.2) is 0 Å². The molecule has 0 saturated heterocycles. The molecule has 0 aromatic heterocycles. The molecule has 0 aromatic carbocycles. The van der Waals surface area contributed by atoms with Crippen LogP contribution in [0, 0.1) is 0 Å². The zero-order chi connectivity index (χ0) is 9.98. The van der Waals surface area contributed by atoms with Gasteiger partial charge in [-0.05, 0) is 26.7 Å². The van der Waals surface area contributed by atoms with Crippen LogP contribution in [0.3, 0.4) is 0 Å². The molecule has 0 fully saturated rings. The van der Waals surface area contributed by atoms with Crippen LogP contribution in [-0.2, 0) is 0 Å². The molecule has 0 aromatic rings. The summed E-state index contributed by atoms with van der Waals surface area (Å²) in [6.07, 6.45) is 2.04. The van der Waals surface area contributed by atoms with E-state index in [9.17, 15) is 0 Å². The first-order valence-electron chi connectivity index (χ1n) is 4.51. The lowest BCUT2D eigenvalue weighted by molar-refractivity contribution is 0.148. The van der Waals surface area contributed by atoms with E-state index in [1.807, 2.05) is 6.92 Å². The molecule has 3 heteroatoms. The summed E-state index contributed by atoms with van der Waals surface area (Å²) in [4.78, 5) is 0. The molecule has 0 bridgehead atoms. The van der Waals surface area contributed by atoms with Gasteiger partial charge in [0.25, 0.3) is 0 Å². The average Bonchev–Trinajstić information content (AvgIpc) is 1.87. The fourth-order valence-electron chi connectivity index (χ4n) is 0.605. The van der Waals surface area contributed by atoms with Gasteiger partial charge in [0.2, 0.25) is 0 Å². The van der Waals surface area contributed by atoms with Gasteiger partial charge in [-0.3, -0.25) is 0 Å². The van der Waals surface area contributed by atoms with Crippen LogP contribution in [0.1, 0.15) is 40.0 Å². The predicted molar refractivity (Wildman–Crippen MR) is 50.0 cm³/mol. The van der Waals surface area contributed by atoms with Gasteiger partial charge >= 0.3 is 0 Å². The first kappa shape index (κ1) is 14.4. The fourth-order valence-corrected chi connectivity index (χ4v) is 0.605. The number of hydrogen-bond acceptors (Lipinski definition) is 3. The number of aliphatic hydroxyl groups excluding tert-OH is 3. The highest BCUT2D eigenvalue weighted by Gasteiger charge is 1.88. The van der Waals surface area contributed by atoms with Gasteiger partial charge in [-0.25, -0.2) is 0 Å². The Labute approximate surface area is 75.0 Å². The zero-order valence-corrected chi connectivity index (χ0v) is 8.32. The second kappa shape index (κ2) is 10.9. The molecule has 3 nitrogen and oxygen atoms in total. The van der Waals surface area contributed by atoms with Gasteiger partial charge in [-0.1, -0.05) is 13.3 Å². The highest BCUT2D eigenvalue weighted by molar-refractivity contribution is 4.41. The quantitative estimate of drug-likeness (QED) is 0.600. The SMILES string of the molecule is CC(O)CCO.CCCC(C)O. The van der Waals surface area contributed by atoms with Crippen molar-refractivity contribution in [3.05, 3.63) is 0 Å². The first-order chi connectivity index (χ1) is 5.54. The molecular weight excluding hydrogens is 156 g/mol. The minimum atomic E-state index is -0.352. The fraction of sp³-hybridized carbons (Fsp3) is 1.00. The number of hydrogen-bond donors (Lipinski definition) is 3. The molecule has 0 aliphatic rings. The maximum absolute atomic E-state index is 8.55. The van der Waals surface area contributed by atoms with Gasteiger partial charge in [0, 0.05) is 6.61 Å². The third-order valence-corrected chi connectivity index (χ3v) is 1.25. The minimum Gasteiger partial charge on any atom is -0.396 e. The van der Waals surface area contributed by atoms with Gasteiger partial charge in [0.05, 0.1) is 12.2 Å². The van der Waals surface area contributed by atoms with Gasteiger partial charge in [-0.15, -0.1) is 0 Å². The van der Waals surface area contributed by atoms with E-state index in [0.717, 1.165) is 12.8 Å². The van der Waals surface area contributed by atoms with Crippen LogP contribution in [0.4, 0.5) is 0 Å². The Bertz CT molecular complexity index is 62.2. The minimum absolute atomic E-state index is 0.0810. The van der Waals surface area contributed by atoms with E-state index >= 15 is 0 Å². The molecule has 12 heavy (non-hydrogen) atoms. The van der Waals surface area contributed by atoms with E-state index in [1.54, 1.807) is 6.92 Å². The van der Waals surface area contributed by atoms with Crippen molar-refractivity contribution in [1.82, 2.24) is 0 Å². The molecule has 0 saturated carbocycles. The summed E-state index contributed by atoms with van der Waals surface area (Å²) in [5.41, 5.74) is 0. The van der Waals surface area contributed by atoms with Gasteiger partial charge < -0.3 is 15.3 Å². The lowest BCUT2D eigenvalue weighted by Gasteiger charge is -1.95. The molecule has 0 aliphatic heterocycles. The van der Waals surface area contributed by atoms with Crippen LogP contribution >= 0.6 is 0 Å². The van der Waals surface area contributed by atoms with Crippen molar-refractivity contribution >= 4 is 0 Å². The molecule has 0 spiro atoms.